The van der Waals surface area contributed by atoms with Crippen molar-refractivity contribution in [1.82, 2.24) is 4.90 Å². The Hall–Kier alpha value is -3.15. The predicted octanol–water partition coefficient (Wildman–Crippen LogP) is 2.22. The molecule has 0 aliphatic carbocycles. The van der Waals surface area contributed by atoms with E-state index >= 15 is 0 Å². The molecule has 3 rings (SSSR count). The second kappa shape index (κ2) is 8.29. The maximum Gasteiger partial charge on any atom is 0.311 e. The van der Waals surface area contributed by atoms with Gasteiger partial charge in [-0.1, -0.05) is 48.5 Å². The summed E-state index contributed by atoms with van der Waals surface area (Å²) >= 11 is 0. The highest BCUT2D eigenvalue weighted by atomic mass is 16.5. The fourth-order valence-electron chi connectivity index (χ4n) is 2.86. The van der Waals surface area contributed by atoms with Crippen molar-refractivity contribution in [1.29, 1.82) is 0 Å². The predicted molar refractivity (Wildman–Crippen MR) is 96.0 cm³/mol. The number of likely N-dealkylation sites (tertiary alicyclic amines) is 1. The summed E-state index contributed by atoms with van der Waals surface area (Å²) in [5.41, 5.74) is 1.65. The molecule has 0 radical (unpaired) electrons. The van der Waals surface area contributed by atoms with Crippen LogP contribution in [0, 0.1) is 5.92 Å². The van der Waals surface area contributed by atoms with Crippen molar-refractivity contribution >= 4 is 23.5 Å². The summed E-state index contributed by atoms with van der Waals surface area (Å²) in [5, 5.41) is 2.64. The summed E-state index contributed by atoms with van der Waals surface area (Å²) in [6.07, 6.45) is 0.117. The average Bonchev–Trinajstić information content (AvgIpc) is 3.02. The van der Waals surface area contributed by atoms with E-state index in [9.17, 15) is 14.4 Å². The minimum atomic E-state index is -0.532. The Labute approximate surface area is 151 Å². The number of hydrogen-bond acceptors (Lipinski definition) is 4. The van der Waals surface area contributed by atoms with Crippen LogP contribution in [0.3, 0.4) is 0 Å². The number of nitrogens with zero attached hydrogens (tertiary/aromatic N) is 1. The standard InChI is InChI=1S/C20H20N2O4/c23-18(21-17-9-5-2-6-10-17)14-26-20(25)16-11-19(24)22(13-16)12-15-7-3-1-4-8-15/h1-10,16H,11-14H2,(H,21,23)/t16-/m1/s1. The molecule has 1 saturated heterocycles. The van der Waals surface area contributed by atoms with Crippen LogP contribution in [0.25, 0.3) is 0 Å². The third-order valence-electron chi connectivity index (χ3n) is 4.17. The van der Waals surface area contributed by atoms with Crippen LogP contribution in [-0.2, 0) is 25.7 Å². The van der Waals surface area contributed by atoms with E-state index in [2.05, 4.69) is 5.32 Å². The van der Waals surface area contributed by atoms with Gasteiger partial charge in [0.25, 0.3) is 5.91 Å². The zero-order chi connectivity index (χ0) is 18.4. The molecule has 0 saturated carbocycles. The van der Waals surface area contributed by atoms with Crippen LogP contribution in [0.4, 0.5) is 5.69 Å². The van der Waals surface area contributed by atoms with Gasteiger partial charge in [-0.3, -0.25) is 14.4 Å². The lowest BCUT2D eigenvalue weighted by Gasteiger charge is -2.16. The largest absolute Gasteiger partial charge is 0.455 e. The summed E-state index contributed by atoms with van der Waals surface area (Å²) in [7, 11) is 0. The van der Waals surface area contributed by atoms with Gasteiger partial charge < -0.3 is 15.0 Å². The second-order valence-corrected chi connectivity index (χ2v) is 6.18. The van der Waals surface area contributed by atoms with Crippen LogP contribution in [0.2, 0.25) is 0 Å². The van der Waals surface area contributed by atoms with Crippen molar-refractivity contribution in [2.24, 2.45) is 5.92 Å². The summed E-state index contributed by atoms with van der Waals surface area (Å²) < 4.78 is 5.08. The summed E-state index contributed by atoms with van der Waals surface area (Å²) in [6.45, 7) is 0.419. The number of benzene rings is 2. The van der Waals surface area contributed by atoms with E-state index in [0.29, 0.717) is 18.8 Å². The molecule has 134 valence electrons. The van der Waals surface area contributed by atoms with Crippen LogP contribution < -0.4 is 5.32 Å². The number of nitrogens with one attached hydrogen (secondary N) is 1. The number of carbonyl (C=O) groups excluding carboxylic acids is 3. The number of rotatable bonds is 6. The van der Waals surface area contributed by atoms with Gasteiger partial charge in [-0.15, -0.1) is 0 Å². The number of ether oxygens (including phenoxy) is 1. The van der Waals surface area contributed by atoms with Crippen LogP contribution in [-0.4, -0.2) is 35.8 Å². The molecule has 1 aliphatic rings. The van der Waals surface area contributed by atoms with E-state index < -0.39 is 17.8 Å². The van der Waals surface area contributed by atoms with Crippen LogP contribution in [0.15, 0.2) is 60.7 Å². The van der Waals surface area contributed by atoms with Gasteiger partial charge in [-0.05, 0) is 17.7 Å². The van der Waals surface area contributed by atoms with E-state index in [1.807, 2.05) is 36.4 Å². The lowest BCUT2D eigenvalue weighted by Crippen LogP contribution is -2.28. The highest BCUT2D eigenvalue weighted by molar-refractivity contribution is 5.93. The number of hydrogen-bond donors (Lipinski definition) is 1. The van der Waals surface area contributed by atoms with Crippen LogP contribution in [0.1, 0.15) is 12.0 Å². The SMILES string of the molecule is O=C(COC(=O)[C@@H]1CC(=O)N(Cc2ccccc2)C1)Nc1ccccc1. The minimum absolute atomic E-state index is 0.0791. The Bertz CT molecular complexity index is 777. The fraction of sp³-hybridized carbons (Fsp3) is 0.250. The van der Waals surface area contributed by atoms with Crippen LogP contribution in [0.5, 0.6) is 0 Å². The molecule has 2 aromatic rings. The number of para-hydroxylation sites is 1. The molecule has 6 heteroatoms. The molecule has 1 heterocycles. The van der Waals surface area contributed by atoms with Gasteiger partial charge in [0.1, 0.15) is 0 Å². The number of carbonyl (C=O) groups is 3. The molecule has 1 atom stereocenters. The molecule has 2 amide bonds. The first-order valence-corrected chi connectivity index (χ1v) is 8.45. The van der Waals surface area contributed by atoms with Gasteiger partial charge in [-0.25, -0.2) is 0 Å². The molecule has 0 spiro atoms. The fourth-order valence-corrected chi connectivity index (χ4v) is 2.86. The molecule has 1 N–H and O–H groups in total. The molecule has 0 aromatic heterocycles. The first kappa shape index (κ1) is 17.7. The van der Waals surface area contributed by atoms with E-state index in [1.165, 1.54) is 0 Å². The lowest BCUT2D eigenvalue weighted by molar-refractivity contribution is -0.151. The third kappa shape index (κ3) is 4.69. The Kier molecular flexibility index (Phi) is 5.63. The first-order valence-electron chi connectivity index (χ1n) is 8.45. The Balaban J connectivity index is 1.46. The quantitative estimate of drug-likeness (QED) is 0.809. The average molecular weight is 352 g/mol. The Morgan fingerprint density at radius 2 is 1.69 bits per heavy atom. The normalized spacial score (nSPS) is 16.4. The summed E-state index contributed by atoms with van der Waals surface area (Å²) in [4.78, 5) is 37.8. The molecular weight excluding hydrogens is 332 g/mol. The maximum absolute atomic E-state index is 12.2. The van der Waals surface area contributed by atoms with Gasteiger partial charge in [0.05, 0.1) is 5.92 Å². The maximum atomic E-state index is 12.2. The highest BCUT2D eigenvalue weighted by Gasteiger charge is 2.35. The van der Waals surface area contributed by atoms with Crippen molar-refractivity contribution < 1.29 is 19.1 Å². The molecule has 26 heavy (non-hydrogen) atoms. The zero-order valence-corrected chi connectivity index (χ0v) is 14.3. The van der Waals surface area contributed by atoms with Crippen molar-refractivity contribution in [2.75, 3.05) is 18.5 Å². The van der Waals surface area contributed by atoms with E-state index in [-0.39, 0.29) is 18.9 Å². The molecule has 6 nitrogen and oxygen atoms in total. The highest BCUT2D eigenvalue weighted by Crippen LogP contribution is 2.21. The molecule has 1 fully saturated rings. The summed E-state index contributed by atoms with van der Waals surface area (Å²) in [5.74, 6) is -1.53. The van der Waals surface area contributed by atoms with Gasteiger partial charge in [0, 0.05) is 25.2 Å². The molecule has 0 unspecified atom stereocenters. The number of amides is 2. The monoisotopic (exact) mass is 352 g/mol. The molecular formula is C20H20N2O4. The van der Waals surface area contributed by atoms with E-state index in [1.54, 1.807) is 29.2 Å². The smallest absolute Gasteiger partial charge is 0.311 e. The summed E-state index contributed by atoms with van der Waals surface area (Å²) in [6, 6.07) is 18.5. The van der Waals surface area contributed by atoms with Gasteiger partial charge >= 0.3 is 5.97 Å². The molecule has 2 aromatic carbocycles. The lowest BCUT2D eigenvalue weighted by atomic mass is 10.1. The Morgan fingerprint density at radius 1 is 1.04 bits per heavy atom. The van der Waals surface area contributed by atoms with Gasteiger partial charge in [0.2, 0.25) is 5.91 Å². The topological polar surface area (TPSA) is 75.7 Å². The zero-order valence-electron chi connectivity index (χ0n) is 14.3. The van der Waals surface area contributed by atoms with Gasteiger partial charge in [-0.2, -0.15) is 0 Å². The number of anilines is 1. The second-order valence-electron chi connectivity index (χ2n) is 6.18. The van der Waals surface area contributed by atoms with Gasteiger partial charge in [0.15, 0.2) is 6.61 Å². The van der Waals surface area contributed by atoms with Crippen molar-refractivity contribution in [3.05, 3.63) is 66.2 Å². The number of esters is 1. The Morgan fingerprint density at radius 3 is 2.38 bits per heavy atom. The van der Waals surface area contributed by atoms with E-state index in [4.69, 9.17) is 4.74 Å². The molecule has 1 aliphatic heterocycles. The van der Waals surface area contributed by atoms with Crippen LogP contribution >= 0.6 is 0 Å². The first-order chi connectivity index (χ1) is 12.6. The van der Waals surface area contributed by atoms with E-state index in [0.717, 1.165) is 5.56 Å². The van der Waals surface area contributed by atoms with Crippen molar-refractivity contribution in [3.63, 3.8) is 0 Å². The van der Waals surface area contributed by atoms with Crippen molar-refractivity contribution in [2.45, 2.75) is 13.0 Å². The minimum Gasteiger partial charge on any atom is -0.455 e. The molecule has 0 bridgehead atoms. The third-order valence-corrected chi connectivity index (χ3v) is 4.17. The van der Waals surface area contributed by atoms with Crippen molar-refractivity contribution in [3.8, 4) is 0 Å².